The summed E-state index contributed by atoms with van der Waals surface area (Å²) in [5.74, 6) is 6.98. The van der Waals surface area contributed by atoms with Gasteiger partial charge in [0.25, 0.3) is 0 Å². The molecular formula is C15H26N2O2. The number of methoxy groups -OCH3 is 2. The SMILES string of the molecule is COc1ccc(C)cc1CC(NN)C(OC)C(C)C. The molecule has 4 heteroatoms. The summed E-state index contributed by atoms with van der Waals surface area (Å²) in [5, 5.41) is 0. The molecule has 0 aliphatic heterocycles. The number of rotatable bonds is 7. The quantitative estimate of drug-likeness (QED) is 0.586. The number of ether oxygens (including phenoxy) is 2. The monoisotopic (exact) mass is 266 g/mol. The van der Waals surface area contributed by atoms with E-state index in [1.807, 2.05) is 12.1 Å². The molecule has 19 heavy (non-hydrogen) atoms. The van der Waals surface area contributed by atoms with Gasteiger partial charge in [0, 0.05) is 7.11 Å². The van der Waals surface area contributed by atoms with Crippen LogP contribution in [0.25, 0.3) is 0 Å². The molecule has 0 amide bonds. The van der Waals surface area contributed by atoms with Gasteiger partial charge in [-0.1, -0.05) is 31.5 Å². The van der Waals surface area contributed by atoms with Crippen molar-refractivity contribution in [1.29, 1.82) is 0 Å². The predicted molar refractivity (Wildman–Crippen MR) is 78.2 cm³/mol. The maximum Gasteiger partial charge on any atom is 0.122 e. The number of hydrazine groups is 1. The second-order valence-electron chi connectivity index (χ2n) is 5.24. The van der Waals surface area contributed by atoms with Gasteiger partial charge >= 0.3 is 0 Å². The van der Waals surface area contributed by atoms with E-state index in [-0.39, 0.29) is 12.1 Å². The predicted octanol–water partition coefficient (Wildman–Crippen LogP) is 2.05. The van der Waals surface area contributed by atoms with E-state index in [1.54, 1.807) is 14.2 Å². The van der Waals surface area contributed by atoms with E-state index in [1.165, 1.54) is 5.56 Å². The second kappa shape index (κ2) is 7.48. The normalized spacial score (nSPS) is 14.5. The van der Waals surface area contributed by atoms with E-state index in [4.69, 9.17) is 15.3 Å². The highest BCUT2D eigenvalue weighted by Gasteiger charge is 2.24. The average Bonchev–Trinajstić information content (AvgIpc) is 2.38. The van der Waals surface area contributed by atoms with Gasteiger partial charge in [0.1, 0.15) is 5.75 Å². The largest absolute Gasteiger partial charge is 0.496 e. The molecule has 0 aromatic heterocycles. The van der Waals surface area contributed by atoms with Gasteiger partial charge in [-0.05, 0) is 30.9 Å². The minimum atomic E-state index is 0.0562. The van der Waals surface area contributed by atoms with E-state index in [9.17, 15) is 0 Å². The highest BCUT2D eigenvalue weighted by molar-refractivity contribution is 5.37. The van der Waals surface area contributed by atoms with Crippen LogP contribution < -0.4 is 16.0 Å². The van der Waals surface area contributed by atoms with Crippen LogP contribution >= 0.6 is 0 Å². The molecule has 3 N–H and O–H groups in total. The molecule has 0 radical (unpaired) electrons. The van der Waals surface area contributed by atoms with E-state index < -0.39 is 0 Å². The van der Waals surface area contributed by atoms with Crippen LogP contribution in [0.15, 0.2) is 18.2 Å². The molecule has 2 atom stereocenters. The van der Waals surface area contributed by atoms with Crippen LogP contribution in [0.1, 0.15) is 25.0 Å². The lowest BCUT2D eigenvalue weighted by molar-refractivity contribution is 0.0331. The van der Waals surface area contributed by atoms with E-state index in [0.29, 0.717) is 5.92 Å². The minimum Gasteiger partial charge on any atom is -0.496 e. The Hall–Kier alpha value is -1.10. The third-order valence-corrected chi connectivity index (χ3v) is 3.42. The molecule has 2 unspecified atom stereocenters. The lowest BCUT2D eigenvalue weighted by Crippen LogP contribution is -2.48. The average molecular weight is 266 g/mol. The molecule has 0 fully saturated rings. The van der Waals surface area contributed by atoms with Crippen molar-refractivity contribution in [3.05, 3.63) is 29.3 Å². The lowest BCUT2D eigenvalue weighted by Gasteiger charge is -2.29. The van der Waals surface area contributed by atoms with Crippen molar-refractivity contribution in [2.45, 2.75) is 39.3 Å². The maximum absolute atomic E-state index is 5.69. The highest BCUT2D eigenvalue weighted by atomic mass is 16.5. The summed E-state index contributed by atoms with van der Waals surface area (Å²) in [4.78, 5) is 0. The van der Waals surface area contributed by atoms with Gasteiger partial charge in [-0.2, -0.15) is 0 Å². The first-order chi connectivity index (χ1) is 9.03. The Balaban J connectivity index is 2.94. The van der Waals surface area contributed by atoms with Crippen LogP contribution in [-0.2, 0) is 11.2 Å². The summed E-state index contributed by atoms with van der Waals surface area (Å²) in [5.41, 5.74) is 5.23. The van der Waals surface area contributed by atoms with Crippen LogP contribution in [0.5, 0.6) is 5.75 Å². The molecule has 1 rings (SSSR count). The van der Waals surface area contributed by atoms with Gasteiger partial charge in [-0.25, -0.2) is 0 Å². The summed E-state index contributed by atoms with van der Waals surface area (Å²) >= 11 is 0. The molecular weight excluding hydrogens is 240 g/mol. The standard InChI is InChI=1S/C15H26N2O2/c1-10(2)15(19-5)13(17-16)9-12-8-11(3)6-7-14(12)18-4/h6-8,10,13,15,17H,9,16H2,1-5H3. The van der Waals surface area contributed by atoms with Gasteiger partial charge in [-0.3, -0.25) is 11.3 Å². The number of hydrogen-bond donors (Lipinski definition) is 2. The van der Waals surface area contributed by atoms with E-state index >= 15 is 0 Å². The third kappa shape index (κ3) is 4.20. The van der Waals surface area contributed by atoms with Gasteiger partial charge in [-0.15, -0.1) is 0 Å². The molecule has 0 aliphatic rings. The zero-order valence-electron chi connectivity index (χ0n) is 12.6. The summed E-state index contributed by atoms with van der Waals surface area (Å²) < 4.78 is 11.0. The summed E-state index contributed by atoms with van der Waals surface area (Å²) in [6, 6.07) is 6.23. The Labute approximate surface area is 116 Å². The van der Waals surface area contributed by atoms with Gasteiger partial charge in [0.05, 0.1) is 19.3 Å². The minimum absolute atomic E-state index is 0.0562. The molecule has 0 bridgehead atoms. The second-order valence-corrected chi connectivity index (χ2v) is 5.24. The molecule has 0 aliphatic carbocycles. The Kier molecular flexibility index (Phi) is 6.28. The summed E-state index contributed by atoms with van der Waals surface area (Å²) in [6.45, 7) is 6.34. The fourth-order valence-corrected chi connectivity index (χ4v) is 2.47. The Morgan fingerprint density at radius 2 is 1.95 bits per heavy atom. The molecule has 108 valence electrons. The van der Waals surface area contributed by atoms with Crippen molar-refractivity contribution < 1.29 is 9.47 Å². The topological polar surface area (TPSA) is 56.5 Å². The number of aryl methyl sites for hydroxylation is 1. The molecule has 0 saturated carbocycles. The first-order valence-corrected chi connectivity index (χ1v) is 6.65. The number of benzene rings is 1. The first-order valence-electron chi connectivity index (χ1n) is 6.65. The maximum atomic E-state index is 5.69. The van der Waals surface area contributed by atoms with Gasteiger partial charge in [0.2, 0.25) is 0 Å². The van der Waals surface area contributed by atoms with Crippen LogP contribution in [-0.4, -0.2) is 26.4 Å². The molecule has 0 spiro atoms. The van der Waals surface area contributed by atoms with Crippen molar-refractivity contribution in [1.82, 2.24) is 5.43 Å². The van der Waals surface area contributed by atoms with Crippen molar-refractivity contribution >= 4 is 0 Å². The van der Waals surface area contributed by atoms with Crippen molar-refractivity contribution in [2.75, 3.05) is 14.2 Å². The summed E-state index contributed by atoms with van der Waals surface area (Å²) in [6.07, 6.45) is 0.841. The van der Waals surface area contributed by atoms with Crippen LogP contribution in [0.3, 0.4) is 0 Å². The smallest absolute Gasteiger partial charge is 0.122 e. The molecule has 1 aromatic carbocycles. The first kappa shape index (κ1) is 16.0. The fourth-order valence-electron chi connectivity index (χ4n) is 2.47. The van der Waals surface area contributed by atoms with Crippen molar-refractivity contribution in [2.24, 2.45) is 11.8 Å². The third-order valence-electron chi connectivity index (χ3n) is 3.42. The zero-order valence-corrected chi connectivity index (χ0v) is 12.6. The van der Waals surface area contributed by atoms with E-state index in [2.05, 4.69) is 32.3 Å². The Bertz CT molecular complexity index is 394. The van der Waals surface area contributed by atoms with Crippen LogP contribution in [0, 0.1) is 12.8 Å². The molecule has 1 aromatic rings. The molecule has 4 nitrogen and oxygen atoms in total. The van der Waals surface area contributed by atoms with Gasteiger partial charge in [0.15, 0.2) is 0 Å². The zero-order chi connectivity index (χ0) is 14.4. The van der Waals surface area contributed by atoms with Crippen LogP contribution in [0.2, 0.25) is 0 Å². The Morgan fingerprint density at radius 1 is 1.26 bits per heavy atom. The molecule has 0 heterocycles. The van der Waals surface area contributed by atoms with Gasteiger partial charge < -0.3 is 9.47 Å². The van der Waals surface area contributed by atoms with Crippen molar-refractivity contribution in [3.63, 3.8) is 0 Å². The van der Waals surface area contributed by atoms with E-state index in [0.717, 1.165) is 17.7 Å². The number of hydrogen-bond acceptors (Lipinski definition) is 4. The Morgan fingerprint density at radius 3 is 2.42 bits per heavy atom. The number of nitrogens with two attached hydrogens (primary N) is 1. The number of nitrogens with one attached hydrogen (secondary N) is 1. The van der Waals surface area contributed by atoms with Crippen molar-refractivity contribution in [3.8, 4) is 5.75 Å². The summed E-state index contributed by atoms with van der Waals surface area (Å²) in [7, 11) is 3.41. The molecule has 0 saturated heterocycles. The fraction of sp³-hybridized carbons (Fsp3) is 0.600. The lowest BCUT2D eigenvalue weighted by atomic mass is 9.93. The van der Waals surface area contributed by atoms with Crippen LogP contribution in [0.4, 0.5) is 0 Å². The highest BCUT2D eigenvalue weighted by Crippen LogP contribution is 2.23.